The number of rotatable bonds is 6. The van der Waals surface area contributed by atoms with E-state index in [2.05, 4.69) is 5.32 Å². The number of carbonyl (C=O) groups is 2. The summed E-state index contributed by atoms with van der Waals surface area (Å²) in [6.45, 7) is 4.13. The van der Waals surface area contributed by atoms with Gasteiger partial charge in [-0.15, -0.1) is 0 Å². The van der Waals surface area contributed by atoms with Gasteiger partial charge in [0.15, 0.2) is 0 Å². The molecule has 0 aromatic rings. The van der Waals surface area contributed by atoms with E-state index in [1.807, 2.05) is 6.92 Å². The molecule has 0 heterocycles. The molecule has 0 aliphatic carbocycles. The lowest BCUT2D eigenvalue weighted by atomic mass is 10.3. The minimum absolute atomic E-state index is 0.200. The molecule has 0 aromatic heterocycles. The summed E-state index contributed by atoms with van der Waals surface area (Å²) < 4.78 is 4.94. The topological polar surface area (TPSA) is 75.6 Å². The molecule has 0 spiro atoms. The molecule has 0 aliphatic heterocycles. The fraction of sp³-hybridized carbons (Fsp3) is 0.750. The van der Waals surface area contributed by atoms with Crippen molar-refractivity contribution in [3.8, 4) is 0 Å². The second kappa shape index (κ2) is 6.42. The molecule has 0 rings (SSSR count). The van der Waals surface area contributed by atoms with Gasteiger partial charge in [-0.1, -0.05) is 0 Å². The maximum absolute atomic E-state index is 11.0. The van der Waals surface area contributed by atoms with E-state index in [0.717, 1.165) is 0 Å². The third-order valence-electron chi connectivity index (χ3n) is 1.43. The van der Waals surface area contributed by atoms with Gasteiger partial charge in [-0.25, -0.2) is 0 Å². The average molecular weight is 189 g/mol. The fourth-order valence-corrected chi connectivity index (χ4v) is 0.685. The van der Waals surface area contributed by atoms with E-state index < -0.39 is 12.0 Å². The van der Waals surface area contributed by atoms with Crippen molar-refractivity contribution in [1.82, 2.24) is 5.32 Å². The van der Waals surface area contributed by atoms with Crippen LogP contribution in [0.3, 0.4) is 0 Å². The highest BCUT2D eigenvalue weighted by Gasteiger charge is 2.12. The van der Waals surface area contributed by atoms with Crippen LogP contribution in [0, 0.1) is 0 Å². The highest BCUT2D eigenvalue weighted by Crippen LogP contribution is 1.86. The van der Waals surface area contributed by atoms with Crippen molar-refractivity contribution in [2.45, 2.75) is 26.3 Å². The van der Waals surface area contributed by atoms with Crippen LogP contribution >= 0.6 is 0 Å². The maximum atomic E-state index is 11.0. The van der Waals surface area contributed by atoms with Gasteiger partial charge in [-0.2, -0.15) is 0 Å². The first-order valence-electron chi connectivity index (χ1n) is 4.17. The zero-order valence-corrected chi connectivity index (χ0v) is 7.87. The minimum Gasteiger partial charge on any atom is -0.480 e. The molecule has 0 aromatic carbocycles. The molecule has 0 saturated carbocycles. The minimum atomic E-state index is -1.04. The van der Waals surface area contributed by atoms with E-state index >= 15 is 0 Å². The van der Waals surface area contributed by atoms with Crippen LogP contribution in [0.15, 0.2) is 0 Å². The molecular formula is C8H15NO4. The first-order chi connectivity index (χ1) is 6.07. The zero-order valence-electron chi connectivity index (χ0n) is 7.87. The van der Waals surface area contributed by atoms with Crippen LogP contribution in [-0.2, 0) is 14.3 Å². The number of carbonyl (C=O) groups excluding carboxylic acids is 1. The Kier molecular flexibility index (Phi) is 5.88. The summed E-state index contributed by atoms with van der Waals surface area (Å²) in [7, 11) is 0. The smallest absolute Gasteiger partial charge is 0.325 e. The van der Waals surface area contributed by atoms with Crippen LogP contribution in [0.2, 0.25) is 0 Å². The largest absolute Gasteiger partial charge is 0.480 e. The fourth-order valence-electron chi connectivity index (χ4n) is 0.685. The van der Waals surface area contributed by atoms with E-state index in [0.29, 0.717) is 13.2 Å². The number of ether oxygens (including phenoxy) is 1. The molecule has 0 unspecified atom stereocenters. The number of carboxylic acid groups (broad SMARTS) is 1. The lowest BCUT2D eigenvalue weighted by Gasteiger charge is -2.08. The summed E-state index contributed by atoms with van der Waals surface area (Å²) in [6, 6.07) is -0.839. The van der Waals surface area contributed by atoms with E-state index in [1.54, 1.807) is 0 Å². The standard InChI is InChI=1S/C8H15NO4/c1-3-13-5-4-7(10)9-6(2)8(11)12/h6H,3-5H2,1-2H3,(H,9,10)(H,11,12)/t6-/m0/s1. The highest BCUT2D eigenvalue weighted by atomic mass is 16.5. The van der Waals surface area contributed by atoms with Crippen LogP contribution in [0.4, 0.5) is 0 Å². The average Bonchev–Trinajstić information content (AvgIpc) is 2.04. The maximum Gasteiger partial charge on any atom is 0.325 e. The SMILES string of the molecule is CCOCCC(=O)N[C@@H](C)C(=O)O. The molecule has 13 heavy (non-hydrogen) atoms. The van der Waals surface area contributed by atoms with Crippen molar-refractivity contribution in [2.75, 3.05) is 13.2 Å². The summed E-state index contributed by atoms with van der Waals surface area (Å²) in [5.41, 5.74) is 0. The summed E-state index contributed by atoms with van der Waals surface area (Å²) in [5, 5.41) is 10.8. The van der Waals surface area contributed by atoms with Crippen molar-refractivity contribution in [2.24, 2.45) is 0 Å². The van der Waals surface area contributed by atoms with E-state index in [9.17, 15) is 9.59 Å². The molecule has 5 heteroatoms. The number of amides is 1. The third kappa shape index (κ3) is 6.10. The van der Waals surface area contributed by atoms with Crippen molar-refractivity contribution < 1.29 is 19.4 Å². The quantitative estimate of drug-likeness (QED) is 0.577. The van der Waals surface area contributed by atoms with Gasteiger partial charge in [-0.3, -0.25) is 9.59 Å². The van der Waals surface area contributed by atoms with Crippen molar-refractivity contribution in [3.05, 3.63) is 0 Å². The molecule has 0 bridgehead atoms. The van der Waals surface area contributed by atoms with Gasteiger partial charge in [0.1, 0.15) is 6.04 Å². The van der Waals surface area contributed by atoms with Crippen LogP contribution < -0.4 is 5.32 Å². The third-order valence-corrected chi connectivity index (χ3v) is 1.43. The predicted molar refractivity (Wildman–Crippen MR) is 46.4 cm³/mol. The highest BCUT2D eigenvalue weighted by molar-refractivity contribution is 5.83. The van der Waals surface area contributed by atoms with Gasteiger partial charge >= 0.3 is 5.97 Å². The van der Waals surface area contributed by atoms with Crippen LogP contribution in [0.5, 0.6) is 0 Å². The summed E-state index contributed by atoms with van der Waals surface area (Å²) in [5.74, 6) is -1.34. The van der Waals surface area contributed by atoms with Gasteiger partial charge in [0.2, 0.25) is 5.91 Å². The molecule has 0 radical (unpaired) electrons. The molecule has 1 amide bonds. The van der Waals surface area contributed by atoms with Crippen LogP contribution in [-0.4, -0.2) is 36.2 Å². The Morgan fingerprint density at radius 2 is 2.15 bits per heavy atom. The molecular weight excluding hydrogens is 174 g/mol. The Morgan fingerprint density at radius 3 is 2.62 bits per heavy atom. The van der Waals surface area contributed by atoms with E-state index in [1.165, 1.54) is 6.92 Å². The summed E-state index contributed by atoms with van der Waals surface area (Å²) in [4.78, 5) is 21.3. The van der Waals surface area contributed by atoms with Crippen molar-refractivity contribution in [1.29, 1.82) is 0 Å². The lowest BCUT2D eigenvalue weighted by Crippen LogP contribution is -2.38. The first kappa shape index (κ1) is 11.9. The molecule has 0 aliphatic rings. The second-order valence-corrected chi connectivity index (χ2v) is 2.57. The number of carboxylic acids is 1. The molecule has 1 atom stereocenters. The van der Waals surface area contributed by atoms with Gasteiger partial charge in [0, 0.05) is 13.0 Å². The Bertz CT molecular complexity index is 181. The van der Waals surface area contributed by atoms with Crippen LogP contribution in [0.1, 0.15) is 20.3 Å². The van der Waals surface area contributed by atoms with Crippen molar-refractivity contribution >= 4 is 11.9 Å². The van der Waals surface area contributed by atoms with Crippen LogP contribution in [0.25, 0.3) is 0 Å². The summed E-state index contributed by atoms with van der Waals surface area (Å²) >= 11 is 0. The summed E-state index contributed by atoms with van der Waals surface area (Å²) in [6.07, 6.45) is 0.200. The molecule has 0 fully saturated rings. The Labute approximate surface area is 77.1 Å². The number of hydrogen-bond donors (Lipinski definition) is 2. The molecule has 2 N–H and O–H groups in total. The van der Waals surface area contributed by atoms with Crippen molar-refractivity contribution in [3.63, 3.8) is 0 Å². The Hall–Kier alpha value is -1.10. The molecule has 5 nitrogen and oxygen atoms in total. The molecule has 0 saturated heterocycles. The van der Waals surface area contributed by atoms with E-state index in [-0.39, 0.29) is 12.3 Å². The number of aliphatic carboxylic acids is 1. The zero-order chi connectivity index (χ0) is 10.3. The monoisotopic (exact) mass is 189 g/mol. The second-order valence-electron chi connectivity index (χ2n) is 2.57. The van der Waals surface area contributed by atoms with E-state index in [4.69, 9.17) is 9.84 Å². The predicted octanol–water partition coefficient (Wildman–Crippen LogP) is 0.00230. The molecule has 76 valence electrons. The normalized spacial score (nSPS) is 12.2. The first-order valence-corrected chi connectivity index (χ1v) is 4.17. The van der Waals surface area contributed by atoms with Gasteiger partial charge in [0.05, 0.1) is 6.61 Å². The number of nitrogens with one attached hydrogen (secondary N) is 1. The van der Waals surface area contributed by atoms with Gasteiger partial charge < -0.3 is 15.2 Å². The Morgan fingerprint density at radius 1 is 1.54 bits per heavy atom. The Balaban J connectivity index is 3.56. The number of hydrogen-bond acceptors (Lipinski definition) is 3. The van der Waals surface area contributed by atoms with Gasteiger partial charge in [0.25, 0.3) is 0 Å². The van der Waals surface area contributed by atoms with Gasteiger partial charge in [-0.05, 0) is 13.8 Å². The lowest BCUT2D eigenvalue weighted by molar-refractivity contribution is -0.141.